The first-order chi connectivity index (χ1) is 7.25. The Morgan fingerprint density at radius 2 is 2.67 bits per heavy atom. The predicted octanol–water partition coefficient (Wildman–Crippen LogP) is 0.351. The molecule has 5 heteroatoms. The van der Waals surface area contributed by atoms with Gasteiger partial charge in [0, 0.05) is 6.07 Å². The number of rotatable bonds is 3. The lowest BCUT2D eigenvalue weighted by atomic mass is 10.2. The van der Waals surface area contributed by atoms with E-state index < -0.39 is 0 Å². The number of nitrogens with zero attached hydrogens (tertiary/aromatic N) is 1. The number of carbonyl (C=O) groups is 1. The van der Waals surface area contributed by atoms with Crippen LogP contribution in [-0.4, -0.2) is 23.7 Å². The van der Waals surface area contributed by atoms with E-state index in [-0.39, 0.29) is 11.9 Å². The van der Waals surface area contributed by atoms with Gasteiger partial charge in [0.05, 0.1) is 12.6 Å². The van der Waals surface area contributed by atoms with E-state index in [1.54, 1.807) is 0 Å². The Labute approximate surface area is 88.2 Å². The van der Waals surface area contributed by atoms with Gasteiger partial charge < -0.3 is 15.2 Å². The summed E-state index contributed by atoms with van der Waals surface area (Å²) in [5.74, 6) is 0.811. The first-order valence-electron chi connectivity index (χ1n) is 5.19. The zero-order valence-corrected chi connectivity index (χ0v) is 8.75. The van der Waals surface area contributed by atoms with Crippen molar-refractivity contribution in [3.8, 4) is 0 Å². The number of carbonyl (C=O) groups excluding carboxylic acids is 1. The summed E-state index contributed by atoms with van der Waals surface area (Å²) in [6, 6.07) is 1.79. The summed E-state index contributed by atoms with van der Waals surface area (Å²) >= 11 is 0. The molecule has 0 aromatic carbocycles. The zero-order valence-electron chi connectivity index (χ0n) is 8.75. The highest BCUT2D eigenvalue weighted by atomic mass is 16.5. The minimum Gasteiger partial charge on any atom is -0.361 e. The molecular weight excluding hydrogens is 194 g/mol. The molecule has 1 saturated heterocycles. The fourth-order valence-corrected chi connectivity index (χ4v) is 1.71. The average molecular weight is 209 g/mol. The number of nitrogens with one attached hydrogen (secondary N) is 2. The van der Waals surface area contributed by atoms with Crippen LogP contribution in [0.15, 0.2) is 10.6 Å². The van der Waals surface area contributed by atoms with Crippen LogP contribution in [0.1, 0.15) is 24.3 Å². The van der Waals surface area contributed by atoms with Crippen molar-refractivity contribution in [2.24, 2.45) is 0 Å². The quantitative estimate of drug-likeness (QED) is 0.754. The second-order valence-electron chi connectivity index (χ2n) is 3.80. The Hall–Kier alpha value is -1.36. The summed E-state index contributed by atoms with van der Waals surface area (Å²) in [5, 5.41) is 9.78. The SMILES string of the molecule is Cc1cc(CNC(=O)[C@H]2CCCN2)no1. The fraction of sp³-hybridized carbons (Fsp3) is 0.600. The van der Waals surface area contributed by atoms with Gasteiger partial charge in [0.25, 0.3) is 0 Å². The molecule has 0 spiro atoms. The van der Waals surface area contributed by atoms with E-state index in [1.807, 2.05) is 13.0 Å². The maximum atomic E-state index is 11.6. The van der Waals surface area contributed by atoms with Crippen molar-refractivity contribution in [2.75, 3.05) is 6.54 Å². The summed E-state index contributed by atoms with van der Waals surface area (Å²) in [7, 11) is 0. The third kappa shape index (κ3) is 2.56. The highest BCUT2D eigenvalue weighted by molar-refractivity contribution is 5.81. The standard InChI is InChI=1S/C10H15N3O2/c1-7-5-8(13-15-7)6-12-10(14)9-3-2-4-11-9/h5,9,11H,2-4,6H2,1H3,(H,12,14)/t9-/m1/s1. The van der Waals surface area contributed by atoms with Crippen molar-refractivity contribution >= 4 is 5.91 Å². The van der Waals surface area contributed by atoms with Crippen LogP contribution in [0.2, 0.25) is 0 Å². The van der Waals surface area contributed by atoms with Crippen molar-refractivity contribution in [1.82, 2.24) is 15.8 Å². The van der Waals surface area contributed by atoms with Gasteiger partial charge >= 0.3 is 0 Å². The molecule has 2 heterocycles. The first-order valence-corrected chi connectivity index (χ1v) is 5.19. The lowest BCUT2D eigenvalue weighted by molar-refractivity contribution is -0.122. The molecule has 1 aromatic heterocycles. The molecule has 0 radical (unpaired) electrons. The Morgan fingerprint density at radius 3 is 3.27 bits per heavy atom. The zero-order chi connectivity index (χ0) is 10.7. The fourth-order valence-electron chi connectivity index (χ4n) is 1.71. The summed E-state index contributed by atoms with van der Waals surface area (Å²) in [4.78, 5) is 11.6. The monoisotopic (exact) mass is 209 g/mol. The van der Waals surface area contributed by atoms with Gasteiger partial charge in [-0.15, -0.1) is 0 Å². The van der Waals surface area contributed by atoms with Gasteiger partial charge in [-0.3, -0.25) is 4.79 Å². The van der Waals surface area contributed by atoms with Crippen LogP contribution in [0, 0.1) is 6.92 Å². The van der Waals surface area contributed by atoms with E-state index in [4.69, 9.17) is 4.52 Å². The van der Waals surface area contributed by atoms with E-state index in [1.165, 1.54) is 0 Å². The Morgan fingerprint density at radius 1 is 1.80 bits per heavy atom. The molecule has 5 nitrogen and oxygen atoms in total. The van der Waals surface area contributed by atoms with Crippen LogP contribution >= 0.6 is 0 Å². The predicted molar refractivity (Wildman–Crippen MR) is 54.1 cm³/mol. The van der Waals surface area contributed by atoms with Crippen LogP contribution < -0.4 is 10.6 Å². The van der Waals surface area contributed by atoms with Crippen LogP contribution in [0.3, 0.4) is 0 Å². The van der Waals surface area contributed by atoms with Crippen LogP contribution in [0.5, 0.6) is 0 Å². The summed E-state index contributed by atoms with van der Waals surface area (Å²) in [6.45, 7) is 3.20. The Balaban J connectivity index is 1.80. The van der Waals surface area contributed by atoms with Gasteiger partial charge in [-0.05, 0) is 26.3 Å². The van der Waals surface area contributed by atoms with Crippen LogP contribution in [0.25, 0.3) is 0 Å². The van der Waals surface area contributed by atoms with Crippen molar-refractivity contribution in [3.63, 3.8) is 0 Å². The van der Waals surface area contributed by atoms with Crippen molar-refractivity contribution in [3.05, 3.63) is 17.5 Å². The average Bonchev–Trinajstić information content (AvgIpc) is 2.84. The minimum atomic E-state index is -0.0296. The summed E-state index contributed by atoms with van der Waals surface area (Å²) in [5.41, 5.74) is 0.763. The molecule has 1 aromatic rings. The highest BCUT2D eigenvalue weighted by Crippen LogP contribution is 2.05. The van der Waals surface area contributed by atoms with Crippen molar-refractivity contribution < 1.29 is 9.32 Å². The molecule has 1 aliphatic rings. The minimum absolute atomic E-state index is 0.0296. The Bertz CT molecular complexity index is 342. The lowest BCUT2D eigenvalue weighted by Crippen LogP contribution is -2.40. The van der Waals surface area contributed by atoms with E-state index in [9.17, 15) is 4.79 Å². The molecular formula is C10H15N3O2. The number of aryl methyl sites for hydroxylation is 1. The van der Waals surface area contributed by atoms with E-state index >= 15 is 0 Å². The smallest absolute Gasteiger partial charge is 0.237 e. The molecule has 0 saturated carbocycles. The van der Waals surface area contributed by atoms with Gasteiger partial charge in [0.2, 0.25) is 5.91 Å². The molecule has 2 rings (SSSR count). The van der Waals surface area contributed by atoms with Crippen molar-refractivity contribution in [1.29, 1.82) is 0 Å². The number of hydrogen-bond donors (Lipinski definition) is 2. The van der Waals surface area contributed by atoms with Gasteiger partial charge in [-0.2, -0.15) is 0 Å². The summed E-state index contributed by atoms with van der Waals surface area (Å²) < 4.78 is 4.91. The molecule has 0 unspecified atom stereocenters. The van der Waals surface area contributed by atoms with Crippen LogP contribution in [-0.2, 0) is 11.3 Å². The van der Waals surface area contributed by atoms with E-state index in [0.717, 1.165) is 30.8 Å². The maximum absolute atomic E-state index is 11.6. The van der Waals surface area contributed by atoms with Gasteiger partial charge in [0.15, 0.2) is 0 Å². The molecule has 82 valence electrons. The molecule has 1 fully saturated rings. The van der Waals surface area contributed by atoms with E-state index in [0.29, 0.717) is 6.54 Å². The topological polar surface area (TPSA) is 67.2 Å². The largest absolute Gasteiger partial charge is 0.361 e. The van der Waals surface area contributed by atoms with E-state index in [2.05, 4.69) is 15.8 Å². The highest BCUT2D eigenvalue weighted by Gasteiger charge is 2.21. The molecule has 0 bridgehead atoms. The van der Waals surface area contributed by atoms with Gasteiger partial charge in [-0.1, -0.05) is 5.16 Å². The number of aromatic nitrogens is 1. The van der Waals surface area contributed by atoms with Crippen LogP contribution in [0.4, 0.5) is 0 Å². The van der Waals surface area contributed by atoms with Crippen molar-refractivity contribution in [2.45, 2.75) is 32.4 Å². The first kappa shape index (κ1) is 10.2. The third-order valence-corrected chi connectivity index (χ3v) is 2.50. The second-order valence-corrected chi connectivity index (χ2v) is 3.80. The second kappa shape index (κ2) is 4.44. The summed E-state index contributed by atoms with van der Waals surface area (Å²) in [6.07, 6.45) is 1.99. The molecule has 2 N–H and O–H groups in total. The molecule has 1 aliphatic heterocycles. The van der Waals surface area contributed by atoms with Gasteiger partial charge in [-0.25, -0.2) is 0 Å². The van der Waals surface area contributed by atoms with Gasteiger partial charge in [0.1, 0.15) is 11.5 Å². The normalized spacial score (nSPS) is 20.5. The molecule has 0 aliphatic carbocycles. The molecule has 15 heavy (non-hydrogen) atoms. The third-order valence-electron chi connectivity index (χ3n) is 2.50. The maximum Gasteiger partial charge on any atom is 0.237 e. The number of amides is 1. The Kier molecular flexibility index (Phi) is 3.01. The molecule has 1 atom stereocenters. The molecule has 1 amide bonds. The lowest BCUT2D eigenvalue weighted by Gasteiger charge is -2.09. The number of hydrogen-bond acceptors (Lipinski definition) is 4.